The van der Waals surface area contributed by atoms with Crippen LogP contribution in [0, 0.1) is 0 Å². The SMILES string of the molecule is O=c1[nH]c(/C(=C/[C@H]2CCC(O)N2)c2ccc(Cl)cc2)ccc1C1CC1. The molecule has 2 aromatic rings. The second-order valence-electron chi connectivity index (χ2n) is 6.88. The van der Waals surface area contributed by atoms with Gasteiger partial charge in [-0.2, -0.15) is 0 Å². The summed E-state index contributed by atoms with van der Waals surface area (Å²) in [6.07, 6.45) is 5.42. The molecule has 1 aromatic carbocycles. The molecule has 130 valence electrons. The zero-order valence-electron chi connectivity index (χ0n) is 13.8. The molecule has 1 aromatic heterocycles. The van der Waals surface area contributed by atoms with E-state index in [9.17, 15) is 9.90 Å². The van der Waals surface area contributed by atoms with E-state index in [0.717, 1.165) is 48.1 Å². The highest BCUT2D eigenvalue weighted by atomic mass is 35.5. The third kappa shape index (κ3) is 3.71. The first-order valence-electron chi connectivity index (χ1n) is 8.75. The maximum atomic E-state index is 12.4. The van der Waals surface area contributed by atoms with Gasteiger partial charge in [0.05, 0.1) is 0 Å². The lowest BCUT2D eigenvalue weighted by Gasteiger charge is -2.13. The van der Waals surface area contributed by atoms with E-state index in [-0.39, 0.29) is 11.6 Å². The van der Waals surface area contributed by atoms with Gasteiger partial charge in [-0.3, -0.25) is 10.1 Å². The fourth-order valence-electron chi connectivity index (χ4n) is 3.41. The molecule has 2 aliphatic rings. The van der Waals surface area contributed by atoms with Crippen molar-refractivity contribution < 1.29 is 5.11 Å². The monoisotopic (exact) mass is 356 g/mol. The van der Waals surface area contributed by atoms with Crippen LogP contribution in [0.25, 0.3) is 5.57 Å². The lowest BCUT2D eigenvalue weighted by atomic mass is 9.98. The smallest absolute Gasteiger partial charge is 0.251 e. The third-order valence-electron chi connectivity index (χ3n) is 4.93. The number of H-pyrrole nitrogens is 1. The van der Waals surface area contributed by atoms with Crippen molar-refractivity contribution in [3.63, 3.8) is 0 Å². The van der Waals surface area contributed by atoms with Crippen LogP contribution in [0.5, 0.6) is 0 Å². The summed E-state index contributed by atoms with van der Waals surface area (Å²) in [4.78, 5) is 15.5. The van der Waals surface area contributed by atoms with Crippen molar-refractivity contribution in [2.45, 2.75) is 43.9 Å². The molecule has 1 aliphatic carbocycles. The number of aromatic amines is 1. The Balaban J connectivity index is 1.74. The van der Waals surface area contributed by atoms with Crippen LogP contribution in [-0.4, -0.2) is 22.4 Å². The van der Waals surface area contributed by atoms with E-state index >= 15 is 0 Å². The largest absolute Gasteiger partial charge is 0.379 e. The Labute approximate surface area is 151 Å². The maximum absolute atomic E-state index is 12.4. The van der Waals surface area contributed by atoms with E-state index in [1.807, 2.05) is 36.4 Å². The van der Waals surface area contributed by atoms with Crippen LogP contribution in [-0.2, 0) is 0 Å². The molecule has 3 N–H and O–H groups in total. The van der Waals surface area contributed by atoms with Gasteiger partial charge in [-0.15, -0.1) is 0 Å². The highest BCUT2D eigenvalue weighted by Gasteiger charge is 2.26. The van der Waals surface area contributed by atoms with Crippen LogP contribution < -0.4 is 10.9 Å². The van der Waals surface area contributed by atoms with Gasteiger partial charge in [0, 0.05) is 27.9 Å². The van der Waals surface area contributed by atoms with Crippen LogP contribution in [0.4, 0.5) is 0 Å². The summed E-state index contributed by atoms with van der Waals surface area (Å²) in [6, 6.07) is 11.6. The van der Waals surface area contributed by atoms with Gasteiger partial charge in [0.15, 0.2) is 0 Å². The van der Waals surface area contributed by atoms with Crippen molar-refractivity contribution in [3.8, 4) is 0 Å². The van der Waals surface area contributed by atoms with Crippen molar-refractivity contribution >= 4 is 17.2 Å². The number of hydrogen-bond acceptors (Lipinski definition) is 3. The fraction of sp³-hybridized carbons (Fsp3) is 0.350. The van der Waals surface area contributed by atoms with E-state index < -0.39 is 6.23 Å². The van der Waals surface area contributed by atoms with Gasteiger partial charge in [-0.25, -0.2) is 0 Å². The van der Waals surface area contributed by atoms with E-state index in [4.69, 9.17) is 11.6 Å². The van der Waals surface area contributed by atoms with Crippen molar-refractivity contribution in [2.24, 2.45) is 0 Å². The minimum absolute atomic E-state index is 0.000667. The van der Waals surface area contributed by atoms with Crippen LogP contribution >= 0.6 is 11.6 Å². The van der Waals surface area contributed by atoms with Crippen molar-refractivity contribution in [1.82, 2.24) is 10.3 Å². The molecule has 2 heterocycles. The molecule has 1 unspecified atom stereocenters. The number of hydrogen-bond donors (Lipinski definition) is 3. The van der Waals surface area contributed by atoms with Gasteiger partial charge in [0.25, 0.3) is 5.56 Å². The summed E-state index contributed by atoms with van der Waals surface area (Å²) in [6.45, 7) is 0. The number of rotatable bonds is 4. The minimum Gasteiger partial charge on any atom is -0.379 e. The molecule has 0 bridgehead atoms. The predicted molar refractivity (Wildman–Crippen MR) is 99.7 cm³/mol. The first-order valence-corrected chi connectivity index (χ1v) is 9.13. The van der Waals surface area contributed by atoms with Gasteiger partial charge in [0.1, 0.15) is 6.23 Å². The summed E-state index contributed by atoms with van der Waals surface area (Å²) in [5.74, 6) is 0.424. The molecule has 25 heavy (non-hydrogen) atoms. The Hall–Kier alpha value is -1.88. The molecule has 5 heteroatoms. The summed E-state index contributed by atoms with van der Waals surface area (Å²) in [7, 11) is 0. The number of aliphatic hydroxyl groups excluding tert-OH is 1. The Bertz CT molecular complexity index is 853. The van der Waals surface area contributed by atoms with Gasteiger partial charge >= 0.3 is 0 Å². The zero-order valence-corrected chi connectivity index (χ0v) is 14.6. The number of pyridine rings is 1. The van der Waals surface area contributed by atoms with E-state index in [0.29, 0.717) is 10.9 Å². The first kappa shape index (κ1) is 16.6. The standard InChI is InChI=1S/C20H21ClN2O2/c21-14-5-3-13(4-6-14)17(11-15-7-10-19(24)22-15)18-9-8-16(12-1-2-12)20(25)23-18/h3-6,8-9,11-12,15,19,22,24H,1-2,7,10H2,(H,23,25)/b17-11+/t15-,19?/m1/s1. The first-order chi connectivity index (χ1) is 12.1. The summed E-state index contributed by atoms with van der Waals surface area (Å²) in [5, 5.41) is 13.5. The topological polar surface area (TPSA) is 65.1 Å². The Kier molecular flexibility index (Phi) is 4.50. The predicted octanol–water partition coefficient (Wildman–Crippen LogP) is 3.41. The highest BCUT2D eigenvalue weighted by molar-refractivity contribution is 6.30. The average molecular weight is 357 g/mol. The Morgan fingerprint density at radius 2 is 1.84 bits per heavy atom. The molecule has 0 amide bonds. The fourth-order valence-corrected chi connectivity index (χ4v) is 3.54. The lowest BCUT2D eigenvalue weighted by molar-refractivity contribution is 0.157. The molecule has 0 radical (unpaired) electrons. The normalized spacial score (nSPS) is 23.8. The van der Waals surface area contributed by atoms with Crippen molar-refractivity contribution in [3.05, 3.63) is 74.7 Å². The average Bonchev–Trinajstić information content (AvgIpc) is 3.35. The number of nitrogens with one attached hydrogen (secondary N) is 2. The van der Waals surface area contributed by atoms with E-state index in [2.05, 4.69) is 16.4 Å². The summed E-state index contributed by atoms with van der Waals surface area (Å²) < 4.78 is 0. The molecular weight excluding hydrogens is 336 g/mol. The molecular formula is C20H21ClN2O2. The van der Waals surface area contributed by atoms with E-state index in [1.165, 1.54) is 0 Å². The van der Waals surface area contributed by atoms with Crippen LogP contribution in [0.15, 0.2) is 47.3 Å². The zero-order chi connectivity index (χ0) is 17.4. The second-order valence-corrected chi connectivity index (χ2v) is 7.32. The Morgan fingerprint density at radius 1 is 1.08 bits per heavy atom. The van der Waals surface area contributed by atoms with Gasteiger partial charge in [0.2, 0.25) is 0 Å². The summed E-state index contributed by atoms with van der Waals surface area (Å²) in [5.41, 5.74) is 3.61. The van der Waals surface area contributed by atoms with Crippen LogP contribution in [0.1, 0.15) is 48.4 Å². The molecule has 1 aliphatic heterocycles. The number of halogens is 1. The van der Waals surface area contributed by atoms with Gasteiger partial charge in [-0.05, 0) is 55.4 Å². The number of benzene rings is 1. The Morgan fingerprint density at radius 3 is 2.44 bits per heavy atom. The van der Waals surface area contributed by atoms with Crippen molar-refractivity contribution in [2.75, 3.05) is 0 Å². The highest BCUT2D eigenvalue weighted by Crippen LogP contribution is 2.38. The molecule has 4 rings (SSSR count). The van der Waals surface area contributed by atoms with Gasteiger partial charge < -0.3 is 10.1 Å². The number of aromatic nitrogens is 1. The lowest BCUT2D eigenvalue weighted by Crippen LogP contribution is -2.27. The molecule has 4 nitrogen and oxygen atoms in total. The molecule has 1 saturated heterocycles. The molecule has 2 atom stereocenters. The molecule has 0 spiro atoms. The minimum atomic E-state index is -0.469. The van der Waals surface area contributed by atoms with E-state index in [1.54, 1.807) is 0 Å². The molecule has 1 saturated carbocycles. The molecule has 2 fully saturated rings. The third-order valence-corrected chi connectivity index (χ3v) is 5.18. The van der Waals surface area contributed by atoms with Crippen LogP contribution in [0.2, 0.25) is 5.02 Å². The second kappa shape index (κ2) is 6.79. The maximum Gasteiger partial charge on any atom is 0.251 e. The van der Waals surface area contributed by atoms with Crippen molar-refractivity contribution in [1.29, 1.82) is 0 Å². The van der Waals surface area contributed by atoms with Crippen LogP contribution in [0.3, 0.4) is 0 Å². The number of aliphatic hydroxyl groups is 1. The quantitative estimate of drug-likeness (QED) is 0.786. The summed E-state index contributed by atoms with van der Waals surface area (Å²) >= 11 is 6.02. The van der Waals surface area contributed by atoms with Gasteiger partial charge in [-0.1, -0.05) is 35.9 Å².